The summed E-state index contributed by atoms with van der Waals surface area (Å²) in [4.78, 5) is 4.44. The van der Waals surface area contributed by atoms with Crippen LogP contribution in [0.2, 0.25) is 0 Å². The monoisotopic (exact) mass is 336 g/mol. The molecule has 0 spiro atoms. The number of nitrogens with zero attached hydrogens (tertiary/aromatic N) is 2. The molecule has 5 nitrogen and oxygen atoms in total. The van der Waals surface area contributed by atoms with E-state index in [2.05, 4.69) is 11.1 Å². The van der Waals surface area contributed by atoms with Gasteiger partial charge in [-0.05, 0) is 30.3 Å². The van der Waals surface area contributed by atoms with Gasteiger partial charge in [-0.25, -0.2) is 4.98 Å². The number of thiazole rings is 1. The van der Waals surface area contributed by atoms with Gasteiger partial charge in [0.1, 0.15) is 35.6 Å². The number of hydrogen-bond donors (Lipinski definition) is 1. The molecule has 3 aromatic rings. The van der Waals surface area contributed by atoms with E-state index < -0.39 is 0 Å². The molecule has 0 amide bonds. The highest BCUT2D eigenvalue weighted by Crippen LogP contribution is 2.35. The van der Waals surface area contributed by atoms with Crippen LogP contribution in [0.25, 0.3) is 21.5 Å². The molecule has 1 aromatic heterocycles. The van der Waals surface area contributed by atoms with Crippen LogP contribution in [0.15, 0.2) is 42.5 Å². The Morgan fingerprint density at radius 3 is 2.71 bits per heavy atom. The van der Waals surface area contributed by atoms with Gasteiger partial charge in [-0.2, -0.15) is 5.26 Å². The number of nitriles is 1. The Labute approximate surface area is 142 Å². The van der Waals surface area contributed by atoms with E-state index in [9.17, 15) is 10.4 Å². The molecule has 24 heavy (non-hydrogen) atoms. The average molecular weight is 336 g/mol. The molecule has 0 aliphatic carbocycles. The number of aliphatic hydroxyl groups is 1. The highest BCUT2D eigenvalue weighted by Gasteiger charge is 2.18. The summed E-state index contributed by atoms with van der Waals surface area (Å²) in [5, 5.41) is 20.6. The zero-order valence-corrected chi connectivity index (χ0v) is 13.3. The van der Waals surface area contributed by atoms with Gasteiger partial charge in [-0.15, -0.1) is 11.3 Å². The average Bonchev–Trinajstić information content (AvgIpc) is 3.05. The third-order valence-corrected chi connectivity index (χ3v) is 4.73. The van der Waals surface area contributed by atoms with Crippen LogP contribution in [-0.2, 0) is 0 Å². The molecule has 0 unspecified atom stereocenters. The molecule has 0 radical (unpaired) electrons. The van der Waals surface area contributed by atoms with E-state index >= 15 is 0 Å². The topological polar surface area (TPSA) is 75.4 Å². The Morgan fingerprint density at radius 2 is 1.92 bits per heavy atom. The number of benzene rings is 2. The van der Waals surface area contributed by atoms with Gasteiger partial charge in [0.25, 0.3) is 0 Å². The van der Waals surface area contributed by atoms with E-state index in [1.54, 1.807) is 18.2 Å². The van der Waals surface area contributed by atoms with Gasteiger partial charge in [0.05, 0.1) is 10.2 Å². The lowest BCUT2D eigenvalue weighted by molar-refractivity contribution is 0.171. The fraction of sp³-hybridized carbons (Fsp3) is 0.111. The molecule has 0 bridgehead atoms. The van der Waals surface area contributed by atoms with Crippen LogP contribution in [0.4, 0.5) is 0 Å². The number of allylic oxidation sites excluding steroid dienone is 1. The molecule has 4 rings (SSSR count). The molecular weight excluding hydrogens is 324 g/mol. The quantitative estimate of drug-likeness (QED) is 0.565. The van der Waals surface area contributed by atoms with Crippen molar-refractivity contribution in [2.75, 3.05) is 13.2 Å². The lowest BCUT2D eigenvalue weighted by Gasteiger charge is -2.18. The van der Waals surface area contributed by atoms with Crippen molar-refractivity contribution in [1.82, 2.24) is 4.98 Å². The maximum Gasteiger partial charge on any atom is 0.162 e. The zero-order chi connectivity index (χ0) is 16.5. The highest BCUT2D eigenvalue weighted by atomic mass is 32.1. The Morgan fingerprint density at radius 1 is 1.12 bits per heavy atom. The number of aliphatic hydroxyl groups excluding tert-OH is 1. The summed E-state index contributed by atoms with van der Waals surface area (Å²) in [7, 11) is 0. The largest absolute Gasteiger partial charge is 0.506 e. The molecule has 2 heterocycles. The van der Waals surface area contributed by atoms with Crippen LogP contribution in [0.3, 0.4) is 0 Å². The molecule has 1 aliphatic rings. The summed E-state index contributed by atoms with van der Waals surface area (Å²) in [6.45, 7) is 0.966. The van der Waals surface area contributed by atoms with E-state index in [0.29, 0.717) is 35.3 Å². The summed E-state index contributed by atoms with van der Waals surface area (Å²) < 4.78 is 12.0. The minimum absolute atomic E-state index is 0.117. The van der Waals surface area contributed by atoms with Gasteiger partial charge in [-0.3, -0.25) is 0 Å². The highest BCUT2D eigenvalue weighted by molar-refractivity contribution is 7.19. The minimum atomic E-state index is -0.117. The van der Waals surface area contributed by atoms with Crippen LogP contribution in [-0.4, -0.2) is 23.3 Å². The Kier molecular flexibility index (Phi) is 3.56. The van der Waals surface area contributed by atoms with Gasteiger partial charge in [-0.1, -0.05) is 12.1 Å². The summed E-state index contributed by atoms with van der Waals surface area (Å²) >= 11 is 1.37. The predicted molar refractivity (Wildman–Crippen MR) is 92.1 cm³/mol. The van der Waals surface area contributed by atoms with Crippen molar-refractivity contribution >= 4 is 32.9 Å². The van der Waals surface area contributed by atoms with Crippen molar-refractivity contribution < 1.29 is 14.6 Å². The second-order valence-corrected chi connectivity index (χ2v) is 6.21. The predicted octanol–water partition coefficient (Wildman–Crippen LogP) is 4.02. The van der Waals surface area contributed by atoms with Crippen LogP contribution < -0.4 is 9.47 Å². The number of ether oxygens (including phenoxy) is 2. The first kappa shape index (κ1) is 14.5. The first-order valence-corrected chi connectivity index (χ1v) is 8.17. The number of rotatable bonds is 2. The third kappa shape index (κ3) is 2.45. The first-order chi connectivity index (χ1) is 11.8. The van der Waals surface area contributed by atoms with Gasteiger partial charge >= 0.3 is 0 Å². The van der Waals surface area contributed by atoms with Crippen LogP contribution in [0.5, 0.6) is 11.5 Å². The Hall–Kier alpha value is -3.04. The van der Waals surface area contributed by atoms with E-state index in [1.807, 2.05) is 24.3 Å². The molecule has 0 atom stereocenters. The second kappa shape index (κ2) is 5.87. The van der Waals surface area contributed by atoms with Crippen LogP contribution >= 0.6 is 11.3 Å². The SMILES string of the molecule is N#C/C(=C(/O)c1ccc2c(c1)OCCO2)c1nc2ccccc2s1. The standard InChI is InChI=1S/C18H12N2O3S/c19-10-12(18-20-13-3-1-2-4-16(13)24-18)17(21)11-5-6-14-15(9-11)23-8-7-22-14/h1-6,9,21H,7-8H2/b17-12-. The van der Waals surface area contributed by atoms with E-state index in [1.165, 1.54) is 11.3 Å². The fourth-order valence-electron chi connectivity index (χ4n) is 2.52. The zero-order valence-electron chi connectivity index (χ0n) is 12.5. The van der Waals surface area contributed by atoms with Gasteiger partial charge in [0, 0.05) is 5.56 Å². The summed E-state index contributed by atoms with van der Waals surface area (Å²) in [6, 6.07) is 14.8. The minimum Gasteiger partial charge on any atom is -0.506 e. The summed E-state index contributed by atoms with van der Waals surface area (Å²) in [5.74, 6) is 1.08. The van der Waals surface area contributed by atoms with Crippen molar-refractivity contribution in [3.05, 3.63) is 53.0 Å². The fourth-order valence-corrected chi connectivity index (χ4v) is 3.48. The maximum absolute atomic E-state index is 10.6. The van der Waals surface area contributed by atoms with Gasteiger partial charge in [0.15, 0.2) is 11.5 Å². The molecular formula is C18H12N2O3S. The molecule has 1 N–H and O–H groups in total. The maximum atomic E-state index is 10.6. The smallest absolute Gasteiger partial charge is 0.162 e. The number of fused-ring (bicyclic) bond motifs is 2. The van der Waals surface area contributed by atoms with Crippen molar-refractivity contribution in [3.8, 4) is 17.6 Å². The van der Waals surface area contributed by atoms with Gasteiger partial charge < -0.3 is 14.6 Å². The third-order valence-electron chi connectivity index (χ3n) is 3.67. The van der Waals surface area contributed by atoms with Crippen molar-refractivity contribution in [2.24, 2.45) is 0 Å². The lowest BCUT2D eigenvalue weighted by Crippen LogP contribution is -2.15. The molecule has 0 saturated carbocycles. The lowest BCUT2D eigenvalue weighted by atomic mass is 10.1. The molecule has 0 saturated heterocycles. The summed E-state index contributed by atoms with van der Waals surface area (Å²) in [5.41, 5.74) is 1.45. The normalized spacial score (nSPS) is 14.1. The first-order valence-electron chi connectivity index (χ1n) is 7.35. The van der Waals surface area contributed by atoms with Crippen LogP contribution in [0, 0.1) is 11.3 Å². The Balaban J connectivity index is 1.81. The summed E-state index contributed by atoms with van der Waals surface area (Å²) in [6.07, 6.45) is 0. The van der Waals surface area contributed by atoms with E-state index in [0.717, 1.165) is 10.2 Å². The number of para-hydroxylation sites is 1. The number of hydrogen-bond acceptors (Lipinski definition) is 6. The van der Waals surface area contributed by atoms with E-state index in [4.69, 9.17) is 9.47 Å². The molecule has 118 valence electrons. The number of aromatic nitrogens is 1. The van der Waals surface area contributed by atoms with E-state index in [-0.39, 0.29) is 11.3 Å². The molecule has 2 aromatic carbocycles. The second-order valence-electron chi connectivity index (χ2n) is 5.18. The van der Waals surface area contributed by atoms with Crippen molar-refractivity contribution in [2.45, 2.75) is 0 Å². The van der Waals surface area contributed by atoms with Crippen molar-refractivity contribution in [1.29, 1.82) is 5.26 Å². The molecule has 6 heteroatoms. The Bertz CT molecular complexity index is 968. The molecule has 0 fully saturated rings. The van der Waals surface area contributed by atoms with Crippen LogP contribution in [0.1, 0.15) is 10.6 Å². The molecule has 1 aliphatic heterocycles. The van der Waals surface area contributed by atoms with Gasteiger partial charge in [0.2, 0.25) is 0 Å². The van der Waals surface area contributed by atoms with Crippen molar-refractivity contribution in [3.63, 3.8) is 0 Å².